The molecule has 0 saturated carbocycles. The first kappa shape index (κ1) is 15.4. The van der Waals surface area contributed by atoms with Crippen LogP contribution in [0, 0.1) is 0 Å². The minimum absolute atomic E-state index is 0.102. The summed E-state index contributed by atoms with van der Waals surface area (Å²) in [5, 5.41) is 0. The average molecular weight is 319 g/mol. The van der Waals surface area contributed by atoms with Crippen LogP contribution in [-0.2, 0) is 10.9 Å². The highest BCUT2D eigenvalue weighted by molar-refractivity contribution is 7.97. The highest BCUT2D eigenvalue weighted by Crippen LogP contribution is 2.31. The maximum absolute atomic E-state index is 5.52. The predicted molar refractivity (Wildman–Crippen MR) is 96.9 cm³/mol. The lowest BCUT2D eigenvalue weighted by Crippen LogP contribution is -2.04. The third-order valence-corrected chi connectivity index (χ3v) is 5.59. The van der Waals surface area contributed by atoms with E-state index < -0.39 is 0 Å². The smallest absolute Gasteiger partial charge is 0.166 e. The largest absolute Gasteiger partial charge is 0.465 e. The molecular weight excluding hydrogens is 300 g/mol. The maximum Gasteiger partial charge on any atom is 0.166 e. The molecule has 0 N–H and O–H groups in total. The van der Waals surface area contributed by atoms with Crippen LogP contribution in [0.4, 0.5) is 0 Å². The van der Waals surface area contributed by atoms with Crippen molar-refractivity contribution in [2.45, 2.75) is 21.6 Å². The fourth-order valence-corrected chi connectivity index (χ4v) is 4.41. The Morgan fingerprint density at radius 2 is 1.13 bits per heavy atom. The summed E-state index contributed by atoms with van der Waals surface area (Å²) >= 11 is 0. The number of benzene rings is 3. The van der Waals surface area contributed by atoms with Crippen LogP contribution < -0.4 is 4.74 Å². The van der Waals surface area contributed by atoms with E-state index >= 15 is 0 Å². The molecule has 0 aliphatic carbocycles. The molecule has 0 unspecified atom stereocenters. The fraction of sp³-hybridized carbons (Fsp3) is 0.0476. The molecule has 0 spiro atoms. The van der Waals surface area contributed by atoms with Gasteiger partial charge in [-0.05, 0) is 55.5 Å². The second-order valence-corrected chi connectivity index (χ2v) is 7.02. The predicted octanol–water partition coefficient (Wildman–Crippen LogP) is 5.69. The van der Waals surface area contributed by atoms with Crippen molar-refractivity contribution >= 4 is 10.9 Å². The van der Waals surface area contributed by atoms with E-state index in [1.165, 1.54) is 14.7 Å². The summed E-state index contributed by atoms with van der Waals surface area (Å²) in [6.07, 6.45) is 3.58. The monoisotopic (exact) mass is 319 g/mol. The minimum atomic E-state index is -0.102. The number of rotatable bonds is 5. The molecule has 0 radical (unpaired) electrons. The van der Waals surface area contributed by atoms with Gasteiger partial charge in [-0.1, -0.05) is 42.5 Å². The number of allylic oxidation sites excluding steroid dienone is 1. The van der Waals surface area contributed by atoms with Gasteiger partial charge in [0.05, 0.1) is 17.2 Å². The van der Waals surface area contributed by atoms with E-state index in [-0.39, 0.29) is 10.9 Å². The van der Waals surface area contributed by atoms with E-state index in [1.807, 2.05) is 25.1 Å². The van der Waals surface area contributed by atoms with E-state index in [4.69, 9.17) is 4.74 Å². The van der Waals surface area contributed by atoms with Gasteiger partial charge in [-0.3, -0.25) is 0 Å². The van der Waals surface area contributed by atoms with Crippen LogP contribution in [0.2, 0.25) is 0 Å². The van der Waals surface area contributed by atoms with Gasteiger partial charge in [0, 0.05) is 0 Å². The molecular formula is C21H19OS+. The Morgan fingerprint density at radius 3 is 1.61 bits per heavy atom. The zero-order chi connectivity index (χ0) is 15.9. The summed E-state index contributed by atoms with van der Waals surface area (Å²) in [7, 11) is -0.102. The van der Waals surface area contributed by atoms with Gasteiger partial charge in [-0.25, -0.2) is 0 Å². The van der Waals surface area contributed by atoms with Crippen LogP contribution in [0.15, 0.2) is 112 Å². The van der Waals surface area contributed by atoms with Crippen LogP contribution in [-0.4, -0.2) is 0 Å². The van der Waals surface area contributed by atoms with Gasteiger partial charge in [-0.2, -0.15) is 0 Å². The quantitative estimate of drug-likeness (QED) is 0.433. The van der Waals surface area contributed by atoms with E-state index in [9.17, 15) is 0 Å². The van der Waals surface area contributed by atoms with Crippen LogP contribution in [0.25, 0.3) is 0 Å². The molecule has 0 aromatic heterocycles. The summed E-state index contributed by atoms with van der Waals surface area (Å²) in [6.45, 7) is 1.94. The van der Waals surface area contributed by atoms with Gasteiger partial charge in [0.15, 0.2) is 14.7 Å². The molecule has 23 heavy (non-hydrogen) atoms. The highest BCUT2D eigenvalue weighted by Gasteiger charge is 2.27. The topological polar surface area (TPSA) is 9.23 Å². The lowest BCUT2D eigenvalue weighted by Gasteiger charge is -2.08. The molecule has 0 fully saturated rings. The summed E-state index contributed by atoms with van der Waals surface area (Å²) in [5.41, 5.74) is 0. The van der Waals surface area contributed by atoms with Gasteiger partial charge in [0.25, 0.3) is 0 Å². The first-order valence-electron chi connectivity index (χ1n) is 7.61. The number of hydrogen-bond acceptors (Lipinski definition) is 1. The van der Waals surface area contributed by atoms with Gasteiger partial charge in [0.1, 0.15) is 5.75 Å². The average Bonchev–Trinajstić information content (AvgIpc) is 2.63. The van der Waals surface area contributed by atoms with Crippen molar-refractivity contribution in [3.8, 4) is 5.75 Å². The molecule has 0 atom stereocenters. The van der Waals surface area contributed by atoms with Crippen molar-refractivity contribution in [2.75, 3.05) is 0 Å². The maximum atomic E-state index is 5.52. The van der Waals surface area contributed by atoms with Gasteiger partial charge < -0.3 is 4.74 Å². The minimum Gasteiger partial charge on any atom is -0.465 e. The van der Waals surface area contributed by atoms with E-state index in [2.05, 4.69) is 72.8 Å². The van der Waals surface area contributed by atoms with Crippen LogP contribution in [0.5, 0.6) is 5.75 Å². The number of hydrogen-bond donors (Lipinski definition) is 0. The Bertz CT molecular complexity index is 709. The van der Waals surface area contributed by atoms with Gasteiger partial charge in [-0.15, -0.1) is 0 Å². The molecule has 0 amide bonds. The van der Waals surface area contributed by atoms with Gasteiger partial charge in [0.2, 0.25) is 0 Å². The Morgan fingerprint density at radius 1 is 0.652 bits per heavy atom. The Balaban J connectivity index is 1.99. The third-order valence-electron chi connectivity index (χ3n) is 3.36. The van der Waals surface area contributed by atoms with Crippen molar-refractivity contribution in [3.63, 3.8) is 0 Å². The summed E-state index contributed by atoms with van der Waals surface area (Å²) in [5.74, 6) is 0.858. The zero-order valence-electron chi connectivity index (χ0n) is 13.1. The van der Waals surface area contributed by atoms with Crippen molar-refractivity contribution in [3.05, 3.63) is 97.3 Å². The Kier molecular flexibility index (Phi) is 5.17. The molecule has 3 aromatic carbocycles. The second-order valence-electron chi connectivity index (χ2n) is 4.99. The lowest BCUT2D eigenvalue weighted by molar-refractivity contribution is 0.480. The summed E-state index contributed by atoms with van der Waals surface area (Å²) in [4.78, 5) is 3.93. The lowest BCUT2D eigenvalue weighted by atomic mass is 10.3. The van der Waals surface area contributed by atoms with Crippen molar-refractivity contribution < 1.29 is 4.74 Å². The number of ether oxygens (including phenoxy) is 1. The van der Waals surface area contributed by atoms with Crippen molar-refractivity contribution in [2.24, 2.45) is 0 Å². The SMILES string of the molecule is C/C=C/Oc1ccc([S+](c2ccccc2)c2ccccc2)cc1. The fourth-order valence-electron chi connectivity index (χ4n) is 2.32. The van der Waals surface area contributed by atoms with Crippen LogP contribution >= 0.6 is 0 Å². The standard InChI is InChI=1S/C21H19OS/c1-2-17-22-18-13-15-21(16-14-18)23(19-9-5-3-6-10-19)20-11-7-4-8-12-20/h2-17H,1H3/q+1/b17-2+. The molecule has 114 valence electrons. The normalized spacial score (nSPS) is 11.0. The molecule has 3 rings (SSSR count). The molecule has 0 aliphatic heterocycles. The molecule has 2 heteroatoms. The highest BCUT2D eigenvalue weighted by atomic mass is 32.2. The first-order chi connectivity index (χ1) is 11.4. The van der Waals surface area contributed by atoms with Crippen LogP contribution in [0.3, 0.4) is 0 Å². The second kappa shape index (κ2) is 7.70. The van der Waals surface area contributed by atoms with E-state index in [0.717, 1.165) is 5.75 Å². The molecule has 0 aliphatic rings. The summed E-state index contributed by atoms with van der Waals surface area (Å²) in [6, 6.07) is 29.7. The first-order valence-corrected chi connectivity index (χ1v) is 8.83. The molecule has 0 saturated heterocycles. The zero-order valence-corrected chi connectivity index (χ0v) is 13.9. The Labute approximate surface area is 140 Å². The van der Waals surface area contributed by atoms with E-state index in [1.54, 1.807) is 6.26 Å². The Hall–Kier alpha value is -2.45. The van der Waals surface area contributed by atoms with Gasteiger partial charge >= 0.3 is 0 Å². The summed E-state index contributed by atoms with van der Waals surface area (Å²) < 4.78 is 5.52. The molecule has 1 nitrogen and oxygen atoms in total. The third kappa shape index (κ3) is 3.85. The van der Waals surface area contributed by atoms with E-state index in [0.29, 0.717) is 0 Å². The van der Waals surface area contributed by atoms with Crippen LogP contribution in [0.1, 0.15) is 6.92 Å². The van der Waals surface area contributed by atoms with Crippen molar-refractivity contribution in [1.29, 1.82) is 0 Å². The molecule has 0 heterocycles. The molecule has 3 aromatic rings. The van der Waals surface area contributed by atoms with Crippen molar-refractivity contribution in [1.82, 2.24) is 0 Å². The molecule has 0 bridgehead atoms.